The van der Waals surface area contributed by atoms with Crippen LogP contribution in [0, 0.1) is 0 Å². The molecule has 0 bridgehead atoms. The number of Topliss-reactive ketones (excluding diaryl/α,β-unsaturated/α-hetero) is 1. The number of hydrogen-bond acceptors (Lipinski definition) is 4. The molecule has 0 radical (unpaired) electrons. The first-order chi connectivity index (χ1) is 16.5. The first-order valence-electron chi connectivity index (χ1n) is 11.1. The zero-order chi connectivity index (χ0) is 23.6. The molecule has 0 unspecified atom stereocenters. The van der Waals surface area contributed by atoms with Gasteiger partial charge < -0.3 is 5.32 Å². The Morgan fingerprint density at radius 3 is 2.03 bits per heavy atom. The molecule has 6 rings (SSSR count). The van der Waals surface area contributed by atoms with Crippen LogP contribution in [0.25, 0.3) is 16.8 Å². The average Bonchev–Trinajstić information content (AvgIpc) is 3.17. The number of nitrogens with zero attached hydrogens (tertiary/aromatic N) is 2. The number of carbonyl (C=O) groups excluding carboxylic acids is 1. The molecule has 1 aromatic heterocycles. The molecular weight excluding hydrogens is 426 g/mol. The lowest BCUT2D eigenvalue weighted by molar-refractivity contribution is 0.103. The molecule has 2 aliphatic rings. The Labute approximate surface area is 195 Å². The monoisotopic (exact) mass is 447 g/mol. The Morgan fingerprint density at radius 1 is 0.706 bits per heavy atom. The summed E-state index contributed by atoms with van der Waals surface area (Å²) in [6.07, 6.45) is 0. The van der Waals surface area contributed by atoms with Gasteiger partial charge in [0.2, 0.25) is 0 Å². The summed E-state index contributed by atoms with van der Waals surface area (Å²) in [6, 6.07) is 25.4. The van der Waals surface area contributed by atoms with Crippen molar-refractivity contribution in [2.45, 2.75) is 5.92 Å². The van der Waals surface area contributed by atoms with Crippen LogP contribution in [-0.2, 0) is 14.1 Å². The van der Waals surface area contributed by atoms with Gasteiger partial charge in [0.1, 0.15) is 5.82 Å². The Balaban J connectivity index is 1.61. The van der Waals surface area contributed by atoms with Gasteiger partial charge in [-0.25, -0.2) is 4.79 Å². The van der Waals surface area contributed by atoms with Crippen molar-refractivity contribution in [1.82, 2.24) is 9.13 Å². The second-order valence-corrected chi connectivity index (χ2v) is 8.68. The minimum atomic E-state index is -0.596. The van der Waals surface area contributed by atoms with Gasteiger partial charge in [-0.05, 0) is 16.7 Å². The molecule has 2 heterocycles. The van der Waals surface area contributed by atoms with E-state index in [1.54, 1.807) is 13.1 Å². The Morgan fingerprint density at radius 2 is 1.32 bits per heavy atom. The van der Waals surface area contributed by atoms with E-state index in [2.05, 4.69) is 5.32 Å². The SMILES string of the molecule is Cn1c2c(c(=O)n(C)c1=O)[C@@H](c1ccc(-c3ccccc3)cc1)C1=C(N2)c2ccccc2C1=O. The van der Waals surface area contributed by atoms with Crippen molar-refractivity contribution in [2.24, 2.45) is 14.1 Å². The van der Waals surface area contributed by atoms with Crippen molar-refractivity contribution in [3.63, 3.8) is 0 Å². The zero-order valence-corrected chi connectivity index (χ0v) is 18.7. The Bertz CT molecular complexity index is 1640. The Hall–Kier alpha value is -4.45. The number of allylic oxidation sites excluding steroid dienone is 1. The van der Waals surface area contributed by atoms with E-state index in [0.29, 0.717) is 28.2 Å². The van der Waals surface area contributed by atoms with Crippen LogP contribution in [0.4, 0.5) is 5.82 Å². The molecule has 1 aliphatic heterocycles. The maximum atomic E-state index is 13.6. The molecule has 0 saturated heterocycles. The zero-order valence-electron chi connectivity index (χ0n) is 18.7. The third-order valence-corrected chi connectivity index (χ3v) is 6.83. The highest BCUT2D eigenvalue weighted by Gasteiger charge is 2.42. The highest BCUT2D eigenvalue weighted by Crippen LogP contribution is 2.47. The van der Waals surface area contributed by atoms with Gasteiger partial charge in [-0.3, -0.25) is 18.7 Å². The predicted molar refractivity (Wildman–Crippen MR) is 132 cm³/mol. The fourth-order valence-electron chi connectivity index (χ4n) is 5.09. The first kappa shape index (κ1) is 20.2. The summed E-state index contributed by atoms with van der Waals surface area (Å²) in [6.45, 7) is 0. The van der Waals surface area contributed by atoms with E-state index in [0.717, 1.165) is 26.8 Å². The smallest absolute Gasteiger partial charge is 0.332 e. The average molecular weight is 447 g/mol. The molecule has 1 aliphatic carbocycles. The maximum absolute atomic E-state index is 13.6. The molecule has 3 aromatic carbocycles. The number of benzene rings is 3. The molecule has 0 saturated carbocycles. The molecule has 0 fully saturated rings. The van der Waals surface area contributed by atoms with Gasteiger partial charge in [-0.1, -0.05) is 78.9 Å². The van der Waals surface area contributed by atoms with Gasteiger partial charge in [0.15, 0.2) is 5.78 Å². The molecule has 1 atom stereocenters. The number of aromatic nitrogens is 2. The highest BCUT2D eigenvalue weighted by atomic mass is 16.2. The number of ketones is 1. The van der Waals surface area contributed by atoms with Crippen molar-refractivity contribution >= 4 is 17.3 Å². The molecule has 0 spiro atoms. The van der Waals surface area contributed by atoms with Crippen LogP contribution in [0.1, 0.15) is 33.0 Å². The fourth-order valence-corrected chi connectivity index (χ4v) is 5.09. The second kappa shape index (κ2) is 7.28. The van der Waals surface area contributed by atoms with Crippen LogP contribution in [-0.4, -0.2) is 14.9 Å². The first-order valence-corrected chi connectivity index (χ1v) is 11.1. The summed E-state index contributed by atoms with van der Waals surface area (Å²) in [5, 5.41) is 3.27. The molecule has 1 N–H and O–H groups in total. The van der Waals surface area contributed by atoms with Gasteiger partial charge in [-0.15, -0.1) is 0 Å². The quantitative estimate of drug-likeness (QED) is 0.506. The number of carbonyl (C=O) groups is 1. The van der Waals surface area contributed by atoms with Gasteiger partial charge in [0.25, 0.3) is 5.56 Å². The molecule has 6 heteroatoms. The standard InChI is InChI=1S/C28H21N3O3/c1-30-26-23(27(33)31(2)28(30)34)21(18-14-12-17(13-15-18)16-8-4-3-5-9-16)22-24(29-26)19-10-6-7-11-20(19)25(22)32/h3-15,21,29H,1-2H3/t21-/m0/s1. The van der Waals surface area contributed by atoms with Crippen molar-refractivity contribution in [2.75, 3.05) is 5.32 Å². The van der Waals surface area contributed by atoms with Crippen LogP contribution in [0.3, 0.4) is 0 Å². The Kier molecular flexibility index (Phi) is 4.32. The molecule has 4 aromatic rings. The van der Waals surface area contributed by atoms with Gasteiger partial charge in [-0.2, -0.15) is 0 Å². The van der Waals surface area contributed by atoms with Crippen molar-refractivity contribution in [3.05, 3.63) is 128 Å². The van der Waals surface area contributed by atoms with E-state index in [9.17, 15) is 14.4 Å². The summed E-state index contributed by atoms with van der Waals surface area (Å²) in [5.74, 6) is -0.272. The third kappa shape index (κ3) is 2.72. The summed E-state index contributed by atoms with van der Waals surface area (Å²) in [4.78, 5) is 39.7. The molecule has 166 valence electrons. The third-order valence-electron chi connectivity index (χ3n) is 6.83. The number of fused-ring (bicyclic) bond motifs is 3. The van der Waals surface area contributed by atoms with E-state index in [-0.39, 0.29) is 5.78 Å². The van der Waals surface area contributed by atoms with Crippen LogP contribution < -0.4 is 16.6 Å². The van der Waals surface area contributed by atoms with Crippen LogP contribution >= 0.6 is 0 Å². The van der Waals surface area contributed by atoms with Crippen LogP contribution in [0.5, 0.6) is 0 Å². The number of hydrogen-bond donors (Lipinski definition) is 1. The molecular formula is C28H21N3O3. The van der Waals surface area contributed by atoms with Crippen molar-refractivity contribution < 1.29 is 4.79 Å². The number of nitrogens with one attached hydrogen (secondary N) is 1. The van der Waals surface area contributed by atoms with E-state index in [4.69, 9.17) is 0 Å². The van der Waals surface area contributed by atoms with Crippen LogP contribution in [0.15, 0.2) is 94.0 Å². The summed E-state index contributed by atoms with van der Waals surface area (Å²) in [5.41, 5.74) is 5.11. The highest BCUT2D eigenvalue weighted by molar-refractivity contribution is 6.23. The minimum Gasteiger partial charge on any atom is -0.340 e. The van der Waals surface area contributed by atoms with Crippen LogP contribution in [0.2, 0.25) is 0 Å². The van der Waals surface area contributed by atoms with E-state index in [1.807, 2.05) is 72.8 Å². The largest absolute Gasteiger partial charge is 0.340 e. The summed E-state index contributed by atoms with van der Waals surface area (Å²) < 4.78 is 2.54. The second-order valence-electron chi connectivity index (χ2n) is 8.68. The van der Waals surface area contributed by atoms with Gasteiger partial charge in [0.05, 0.1) is 11.3 Å². The van der Waals surface area contributed by atoms with E-state index < -0.39 is 17.2 Å². The summed E-state index contributed by atoms with van der Waals surface area (Å²) >= 11 is 0. The number of anilines is 1. The predicted octanol–water partition coefficient (Wildman–Crippen LogP) is 3.92. The van der Waals surface area contributed by atoms with Gasteiger partial charge >= 0.3 is 5.69 Å². The minimum absolute atomic E-state index is 0.100. The molecule has 34 heavy (non-hydrogen) atoms. The van der Waals surface area contributed by atoms with Crippen molar-refractivity contribution in [1.29, 1.82) is 0 Å². The molecule has 0 amide bonds. The normalized spacial score (nSPS) is 16.1. The topological polar surface area (TPSA) is 73.1 Å². The lowest BCUT2D eigenvalue weighted by atomic mass is 9.81. The number of rotatable bonds is 2. The van der Waals surface area contributed by atoms with Crippen molar-refractivity contribution in [3.8, 4) is 11.1 Å². The lowest BCUT2D eigenvalue weighted by Gasteiger charge is -2.29. The van der Waals surface area contributed by atoms with Gasteiger partial charge in [0, 0.05) is 36.7 Å². The van der Waals surface area contributed by atoms with E-state index in [1.165, 1.54) is 11.6 Å². The maximum Gasteiger partial charge on any atom is 0.332 e. The van der Waals surface area contributed by atoms with E-state index >= 15 is 0 Å². The fraction of sp³-hybridized carbons (Fsp3) is 0.107. The molecule has 6 nitrogen and oxygen atoms in total. The lowest BCUT2D eigenvalue weighted by Crippen LogP contribution is -2.42. The summed E-state index contributed by atoms with van der Waals surface area (Å²) in [7, 11) is 3.10.